The normalized spacial score (nSPS) is 19.9. The number of likely N-dealkylation sites (tertiary alicyclic amines) is 1. The molecule has 1 aromatic rings. The summed E-state index contributed by atoms with van der Waals surface area (Å²) in [6, 6.07) is 4.09. The van der Waals surface area contributed by atoms with Crippen LogP contribution in [-0.2, 0) is 6.54 Å². The smallest absolute Gasteiger partial charge is 0.133 e. The molecule has 0 spiro atoms. The molecule has 112 valence electrons. The molecule has 0 aliphatic carbocycles. The monoisotopic (exact) mass is 500 g/mol. The number of rotatable bonds is 5. The molecular weight excluding hydrogens is 478 g/mol. The van der Waals surface area contributed by atoms with Gasteiger partial charge in [0.05, 0.1) is 3.57 Å². The molecule has 3 nitrogen and oxygen atoms in total. The Kier molecular flexibility index (Phi) is 6.37. The third-order valence-corrected chi connectivity index (χ3v) is 5.38. The number of benzene rings is 1. The Hall–Kier alpha value is 0.400. The fraction of sp³-hybridized carbons (Fsp3) is 0.600. The van der Waals surface area contributed by atoms with Crippen LogP contribution in [0.1, 0.15) is 18.9 Å². The first kappa shape index (κ1) is 16.8. The molecule has 0 amide bonds. The van der Waals surface area contributed by atoms with E-state index in [1.165, 1.54) is 23.1 Å². The first-order valence-electron chi connectivity index (χ1n) is 7.07. The van der Waals surface area contributed by atoms with Crippen molar-refractivity contribution in [2.45, 2.75) is 19.9 Å². The average molecular weight is 500 g/mol. The van der Waals surface area contributed by atoms with Crippen LogP contribution in [0.2, 0.25) is 0 Å². The third kappa shape index (κ3) is 4.45. The molecule has 1 aliphatic heterocycles. The molecule has 20 heavy (non-hydrogen) atoms. The zero-order chi connectivity index (χ0) is 14.7. The third-order valence-electron chi connectivity index (χ3n) is 3.93. The maximum absolute atomic E-state index is 10.2. The second kappa shape index (κ2) is 7.60. The topological polar surface area (TPSA) is 26.7 Å². The molecule has 0 bridgehead atoms. The summed E-state index contributed by atoms with van der Waals surface area (Å²) in [6.07, 6.45) is 1.30. The fourth-order valence-electron chi connectivity index (χ4n) is 2.89. The summed E-state index contributed by atoms with van der Waals surface area (Å²) >= 11 is 4.51. The zero-order valence-corrected chi connectivity index (χ0v) is 16.4. The highest BCUT2D eigenvalue weighted by Gasteiger charge is 2.22. The van der Waals surface area contributed by atoms with Crippen LogP contribution < -0.4 is 0 Å². The molecule has 1 aromatic carbocycles. The predicted molar refractivity (Wildman–Crippen MR) is 100 cm³/mol. The summed E-state index contributed by atoms with van der Waals surface area (Å²) in [5.74, 6) is 1.21. The number of halogens is 2. The molecule has 2 rings (SSSR count). The van der Waals surface area contributed by atoms with E-state index < -0.39 is 0 Å². The summed E-state index contributed by atoms with van der Waals surface area (Å²) in [4.78, 5) is 4.86. The van der Waals surface area contributed by atoms with Crippen molar-refractivity contribution in [2.24, 2.45) is 5.92 Å². The maximum atomic E-state index is 10.2. The van der Waals surface area contributed by atoms with Gasteiger partial charge in [-0.15, -0.1) is 0 Å². The van der Waals surface area contributed by atoms with Crippen molar-refractivity contribution in [1.29, 1.82) is 0 Å². The number of nitrogens with zero attached hydrogens (tertiary/aromatic N) is 2. The van der Waals surface area contributed by atoms with Gasteiger partial charge in [-0.25, -0.2) is 0 Å². The van der Waals surface area contributed by atoms with Crippen LogP contribution in [0.4, 0.5) is 0 Å². The quantitative estimate of drug-likeness (QED) is 0.629. The number of phenolic OH excluding ortho intramolecular Hbond substituents is 1. The van der Waals surface area contributed by atoms with Crippen molar-refractivity contribution in [3.05, 3.63) is 24.8 Å². The summed E-state index contributed by atoms with van der Waals surface area (Å²) < 4.78 is 2.13. The van der Waals surface area contributed by atoms with Gasteiger partial charge >= 0.3 is 0 Å². The largest absolute Gasteiger partial charge is 0.507 e. The van der Waals surface area contributed by atoms with Gasteiger partial charge in [-0.05, 0) is 89.8 Å². The van der Waals surface area contributed by atoms with Gasteiger partial charge in [0.25, 0.3) is 0 Å². The SMILES string of the molecule is CCN1CCC(CN(C)Cc2cc(I)cc(I)c2O)C1. The van der Waals surface area contributed by atoms with Gasteiger partial charge < -0.3 is 14.9 Å². The van der Waals surface area contributed by atoms with Crippen molar-refractivity contribution in [3.63, 3.8) is 0 Å². The minimum atomic E-state index is 0.444. The van der Waals surface area contributed by atoms with Gasteiger partial charge in [0.2, 0.25) is 0 Å². The highest BCUT2D eigenvalue weighted by atomic mass is 127. The van der Waals surface area contributed by atoms with Crippen molar-refractivity contribution < 1.29 is 5.11 Å². The van der Waals surface area contributed by atoms with Gasteiger partial charge in [-0.2, -0.15) is 0 Å². The molecule has 1 heterocycles. The van der Waals surface area contributed by atoms with Crippen molar-refractivity contribution in [1.82, 2.24) is 9.80 Å². The van der Waals surface area contributed by atoms with Crippen molar-refractivity contribution >= 4 is 45.2 Å². The molecule has 5 heteroatoms. The highest BCUT2D eigenvalue weighted by Crippen LogP contribution is 2.28. The number of aromatic hydroxyl groups is 1. The van der Waals surface area contributed by atoms with E-state index in [9.17, 15) is 5.11 Å². The molecule has 0 aromatic heterocycles. The number of hydrogen-bond acceptors (Lipinski definition) is 3. The zero-order valence-electron chi connectivity index (χ0n) is 12.1. The van der Waals surface area contributed by atoms with Gasteiger partial charge in [-0.1, -0.05) is 6.92 Å². The minimum Gasteiger partial charge on any atom is -0.507 e. The molecule has 1 saturated heterocycles. The Morgan fingerprint density at radius 1 is 1.40 bits per heavy atom. The Bertz CT molecular complexity index is 467. The van der Waals surface area contributed by atoms with Crippen LogP contribution in [0, 0.1) is 13.1 Å². The van der Waals surface area contributed by atoms with Gasteiger partial charge in [0.15, 0.2) is 0 Å². The van der Waals surface area contributed by atoms with E-state index in [1.54, 1.807) is 0 Å². The maximum Gasteiger partial charge on any atom is 0.133 e. The van der Waals surface area contributed by atoms with Crippen molar-refractivity contribution in [2.75, 3.05) is 33.2 Å². The van der Waals surface area contributed by atoms with E-state index in [4.69, 9.17) is 0 Å². The van der Waals surface area contributed by atoms with E-state index in [0.29, 0.717) is 5.75 Å². The predicted octanol–water partition coefficient (Wildman–Crippen LogP) is 3.38. The fourth-order valence-corrected chi connectivity index (χ4v) is 4.85. The summed E-state index contributed by atoms with van der Waals surface area (Å²) in [5, 5.41) is 10.2. The lowest BCUT2D eigenvalue weighted by Crippen LogP contribution is -2.28. The average Bonchev–Trinajstić information content (AvgIpc) is 2.82. The van der Waals surface area contributed by atoms with Crippen LogP contribution in [0.5, 0.6) is 5.75 Å². The van der Waals surface area contributed by atoms with Crippen LogP contribution in [-0.4, -0.2) is 48.1 Å². The molecule has 1 aliphatic rings. The van der Waals surface area contributed by atoms with Gasteiger partial charge in [0, 0.05) is 28.8 Å². The van der Waals surface area contributed by atoms with Crippen LogP contribution in [0.3, 0.4) is 0 Å². The van der Waals surface area contributed by atoms with E-state index >= 15 is 0 Å². The van der Waals surface area contributed by atoms with Crippen LogP contribution in [0.25, 0.3) is 0 Å². The second-order valence-corrected chi connectivity index (χ2v) is 8.05. The molecule has 1 atom stereocenters. The first-order valence-corrected chi connectivity index (χ1v) is 9.23. The van der Waals surface area contributed by atoms with E-state index in [0.717, 1.165) is 34.7 Å². The lowest BCUT2D eigenvalue weighted by atomic mass is 10.1. The van der Waals surface area contributed by atoms with E-state index in [1.807, 2.05) is 6.07 Å². The van der Waals surface area contributed by atoms with Gasteiger partial charge in [-0.3, -0.25) is 0 Å². The molecule has 1 unspecified atom stereocenters. The summed E-state index contributed by atoms with van der Waals surface area (Å²) in [6.45, 7) is 7.78. The van der Waals surface area contributed by atoms with Crippen LogP contribution >= 0.6 is 45.2 Å². The van der Waals surface area contributed by atoms with E-state index in [2.05, 4.69) is 75.0 Å². The lowest BCUT2D eigenvalue weighted by molar-refractivity contribution is 0.258. The molecule has 0 saturated carbocycles. The highest BCUT2D eigenvalue weighted by molar-refractivity contribution is 14.1. The first-order chi connectivity index (χ1) is 9.49. The lowest BCUT2D eigenvalue weighted by Gasteiger charge is -2.22. The van der Waals surface area contributed by atoms with Crippen molar-refractivity contribution in [3.8, 4) is 5.75 Å². The standard InChI is InChI=1S/C15H22I2N2O/c1-3-19-5-4-11(9-19)8-18(2)10-12-6-13(16)7-14(17)15(12)20/h6-7,11,20H,3-5,8-10H2,1-2H3. The summed E-state index contributed by atoms with van der Waals surface area (Å²) in [5.41, 5.74) is 1.04. The number of phenols is 1. The van der Waals surface area contributed by atoms with Gasteiger partial charge in [0.1, 0.15) is 5.75 Å². The molecule has 1 fully saturated rings. The Morgan fingerprint density at radius 3 is 2.80 bits per heavy atom. The minimum absolute atomic E-state index is 0.444. The van der Waals surface area contributed by atoms with Crippen LogP contribution in [0.15, 0.2) is 12.1 Å². The molecular formula is C15H22I2N2O. The Morgan fingerprint density at radius 2 is 2.15 bits per heavy atom. The second-order valence-electron chi connectivity index (χ2n) is 5.64. The Labute approximate surface area is 149 Å². The van der Waals surface area contributed by atoms with E-state index in [-0.39, 0.29) is 0 Å². The Balaban J connectivity index is 1.93. The molecule has 1 N–H and O–H groups in total. The summed E-state index contributed by atoms with van der Waals surface area (Å²) in [7, 11) is 2.15. The molecule has 0 radical (unpaired) electrons. The number of hydrogen-bond donors (Lipinski definition) is 1.